The van der Waals surface area contributed by atoms with Crippen LogP contribution < -0.4 is 9.47 Å². The standard InChI is InChI=1S/C21H25NO4/c1-21(2)14-26-19(15-8-6-5-7-9-15)13-22(21)20(23)16-10-17(24-3)12-18(11-16)25-4/h5-12,19H,13-14H2,1-4H3. The summed E-state index contributed by atoms with van der Waals surface area (Å²) in [5, 5.41) is 0. The van der Waals surface area contributed by atoms with E-state index in [-0.39, 0.29) is 12.0 Å². The molecule has 5 heteroatoms. The molecule has 0 aliphatic carbocycles. The molecule has 138 valence electrons. The minimum atomic E-state index is -0.404. The first-order chi connectivity index (χ1) is 12.4. The lowest BCUT2D eigenvalue weighted by Crippen LogP contribution is -2.56. The first kappa shape index (κ1) is 18.3. The molecule has 0 saturated carbocycles. The summed E-state index contributed by atoms with van der Waals surface area (Å²) in [6.07, 6.45) is -0.138. The SMILES string of the molecule is COc1cc(OC)cc(C(=O)N2CC(c3ccccc3)OCC2(C)C)c1. The second-order valence-electron chi connectivity index (χ2n) is 7.04. The summed E-state index contributed by atoms with van der Waals surface area (Å²) in [6, 6.07) is 15.2. The molecular formula is C21H25NO4. The highest BCUT2D eigenvalue weighted by Crippen LogP contribution is 2.32. The molecule has 3 rings (SSSR count). The Morgan fingerprint density at radius 2 is 1.69 bits per heavy atom. The molecule has 1 aliphatic rings. The lowest BCUT2D eigenvalue weighted by molar-refractivity contribution is -0.0846. The number of carbonyl (C=O) groups is 1. The Morgan fingerprint density at radius 3 is 2.27 bits per heavy atom. The fraction of sp³-hybridized carbons (Fsp3) is 0.381. The van der Waals surface area contributed by atoms with E-state index in [1.807, 2.05) is 49.1 Å². The molecule has 26 heavy (non-hydrogen) atoms. The van der Waals surface area contributed by atoms with Gasteiger partial charge in [0, 0.05) is 11.6 Å². The Kier molecular flexibility index (Phi) is 5.18. The van der Waals surface area contributed by atoms with Crippen molar-refractivity contribution in [1.29, 1.82) is 0 Å². The minimum Gasteiger partial charge on any atom is -0.497 e. The molecule has 1 heterocycles. The molecule has 0 N–H and O–H groups in total. The van der Waals surface area contributed by atoms with Crippen LogP contribution in [0.25, 0.3) is 0 Å². The van der Waals surface area contributed by atoms with Gasteiger partial charge in [-0.3, -0.25) is 4.79 Å². The Bertz CT molecular complexity index is 751. The van der Waals surface area contributed by atoms with E-state index in [9.17, 15) is 4.79 Å². The van der Waals surface area contributed by atoms with Gasteiger partial charge in [-0.1, -0.05) is 30.3 Å². The number of methoxy groups -OCH3 is 2. The second kappa shape index (κ2) is 7.38. The summed E-state index contributed by atoms with van der Waals surface area (Å²) in [6.45, 7) is 5.00. The molecule has 0 spiro atoms. The predicted molar refractivity (Wildman–Crippen MR) is 99.8 cm³/mol. The van der Waals surface area contributed by atoms with Gasteiger partial charge in [-0.25, -0.2) is 0 Å². The quantitative estimate of drug-likeness (QED) is 0.839. The Morgan fingerprint density at radius 1 is 1.08 bits per heavy atom. The maximum absolute atomic E-state index is 13.3. The number of rotatable bonds is 4. The summed E-state index contributed by atoms with van der Waals surface area (Å²) < 4.78 is 16.6. The van der Waals surface area contributed by atoms with E-state index in [2.05, 4.69) is 0 Å². The van der Waals surface area contributed by atoms with Crippen LogP contribution in [0.1, 0.15) is 35.9 Å². The molecule has 0 aromatic heterocycles. The van der Waals surface area contributed by atoms with Crippen molar-refractivity contribution in [3.8, 4) is 11.5 Å². The van der Waals surface area contributed by atoms with Crippen LogP contribution in [-0.2, 0) is 4.74 Å². The molecule has 0 radical (unpaired) electrons. The molecule has 0 bridgehead atoms. The number of morpholine rings is 1. The van der Waals surface area contributed by atoms with Crippen molar-refractivity contribution in [3.63, 3.8) is 0 Å². The average Bonchev–Trinajstić information content (AvgIpc) is 2.67. The van der Waals surface area contributed by atoms with Crippen molar-refractivity contribution in [1.82, 2.24) is 4.90 Å². The minimum absolute atomic E-state index is 0.0589. The summed E-state index contributed by atoms with van der Waals surface area (Å²) in [5.74, 6) is 1.13. The molecular weight excluding hydrogens is 330 g/mol. The lowest BCUT2D eigenvalue weighted by Gasteiger charge is -2.45. The van der Waals surface area contributed by atoms with E-state index in [4.69, 9.17) is 14.2 Å². The molecule has 1 fully saturated rings. The number of carbonyl (C=O) groups excluding carboxylic acids is 1. The lowest BCUT2D eigenvalue weighted by atomic mass is 9.96. The van der Waals surface area contributed by atoms with E-state index in [1.165, 1.54) is 0 Å². The third-order valence-corrected chi connectivity index (χ3v) is 4.73. The zero-order chi connectivity index (χ0) is 18.7. The van der Waals surface area contributed by atoms with Crippen LogP contribution in [0.3, 0.4) is 0 Å². The molecule has 2 aromatic rings. The van der Waals surface area contributed by atoms with Crippen LogP contribution in [0, 0.1) is 0 Å². The molecule has 1 amide bonds. The van der Waals surface area contributed by atoms with Crippen molar-refractivity contribution in [2.75, 3.05) is 27.4 Å². The molecule has 5 nitrogen and oxygen atoms in total. The largest absolute Gasteiger partial charge is 0.497 e. The van der Waals surface area contributed by atoms with Crippen LogP contribution in [0.15, 0.2) is 48.5 Å². The van der Waals surface area contributed by atoms with Crippen molar-refractivity contribution < 1.29 is 19.0 Å². The summed E-state index contributed by atoms with van der Waals surface area (Å²) in [5.41, 5.74) is 1.21. The van der Waals surface area contributed by atoms with E-state index in [0.717, 1.165) is 5.56 Å². The third-order valence-electron chi connectivity index (χ3n) is 4.73. The highest BCUT2D eigenvalue weighted by Gasteiger charge is 2.39. The maximum Gasteiger partial charge on any atom is 0.254 e. The molecule has 1 unspecified atom stereocenters. The Hall–Kier alpha value is -2.53. The van der Waals surface area contributed by atoms with Gasteiger partial charge in [0.2, 0.25) is 0 Å². The topological polar surface area (TPSA) is 48.0 Å². The fourth-order valence-electron chi connectivity index (χ4n) is 3.16. The van der Waals surface area contributed by atoms with Gasteiger partial charge < -0.3 is 19.1 Å². The number of benzene rings is 2. The highest BCUT2D eigenvalue weighted by atomic mass is 16.5. The monoisotopic (exact) mass is 355 g/mol. The van der Waals surface area contributed by atoms with Crippen LogP contribution >= 0.6 is 0 Å². The van der Waals surface area contributed by atoms with Crippen molar-refractivity contribution in [2.45, 2.75) is 25.5 Å². The first-order valence-corrected chi connectivity index (χ1v) is 8.66. The van der Waals surface area contributed by atoms with E-state index >= 15 is 0 Å². The van der Waals surface area contributed by atoms with Gasteiger partial charge in [-0.2, -0.15) is 0 Å². The number of hydrogen-bond donors (Lipinski definition) is 0. The van der Waals surface area contributed by atoms with Gasteiger partial charge in [0.1, 0.15) is 17.6 Å². The summed E-state index contributed by atoms with van der Waals surface area (Å²) in [4.78, 5) is 15.2. The van der Waals surface area contributed by atoms with E-state index in [1.54, 1.807) is 32.4 Å². The van der Waals surface area contributed by atoms with Crippen LogP contribution in [0.5, 0.6) is 11.5 Å². The maximum atomic E-state index is 13.3. The summed E-state index contributed by atoms with van der Waals surface area (Å²) in [7, 11) is 3.15. The Labute approximate surface area is 154 Å². The van der Waals surface area contributed by atoms with E-state index in [0.29, 0.717) is 30.2 Å². The number of ether oxygens (including phenoxy) is 3. The number of amides is 1. The third kappa shape index (κ3) is 3.68. The van der Waals surface area contributed by atoms with Gasteiger partial charge >= 0.3 is 0 Å². The van der Waals surface area contributed by atoms with Gasteiger partial charge in [0.05, 0.1) is 32.9 Å². The zero-order valence-corrected chi connectivity index (χ0v) is 15.7. The van der Waals surface area contributed by atoms with Crippen molar-refractivity contribution >= 4 is 5.91 Å². The zero-order valence-electron chi connectivity index (χ0n) is 15.7. The van der Waals surface area contributed by atoms with Gasteiger partial charge in [0.25, 0.3) is 5.91 Å². The smallest absolute Gasteiger partial charge is 0.254 e. The highest BCUT2D eigenvalue weighted by molar-refractivity contribution is 5.95. The molecule has 2 aromatic carbocycles. The fourth-order valence-corrected chi connectivity index (χ4v) is 3.16. The average molecular weight is 355 g/mol. The van der Waals surface area contributed by atoms with Gasteiger partial charge in [-0.15, -0.1) is 0 Å². The predicted octanol–water partition coefficient (Wildman–Crippen LogP) is 3.70. The van der Waals surface area contributed by atoms with Gasteiger partial charge in [0.15, 0.2) is 0 Å². The van der Waals surface area contributed by atoms with Gasteiger partial charge in [-0.05, 0) is 31.5 Å². The van der Waals surface area contributed by atoms with Crippen LogP contribution in [-0.4, -0.2) is 43.7 Å². The number of nitrogens with zero attached hydrogens (tertiary/aromatic N) is 1. The molecule has 1 saturated heterocycles. The normalized spacial score (nSPS) is 19.1. The number of hydrogen-bond acceptors (Lipinski definition) is 4. The molecule has 1 aliphatic heterocycles. The van der Waals surface area contributed by atoms with Crippen molar-refractivity contribution in [2.24, 2.45) is 0 Å². The van der Waals surface area contributed by atoms with Crippen LogP contribution in [0.2, 0.25) is 0 Å². The second-order valence-corrected chi connectivity index (χ2v) is 7.04. The van der Waals surface area contributed by atoms with Crippen molar-refractivity contribution in [3.05, 3.63) is 59.7 Å². The van der Waals surface area contributed by atoms with Crippen LogP contribution in [0.4, 0.5) is 0 Å². The van der Waals surface area contributed by atoms with E-state index < -0.39 is 5.54 Å². The molecule has 1 atom stereocenters. The summed E-state index contributed by atoms with van der Waals surface area (Å²) >= 11 is 0. The first-order valence-electron chi connectivity index (χ1n) is 8.66. The Balaban J connectivity index is 1.90.